The van der Waals surface area contributed by atoms with E-state index in [1.807, 2.05) is 0 Å². The summed E-state index contributed by atoms with van der Waals surface area (Å²) in [4.78, 5) is 2.46. The van der Waals surface area contributed by atoms with Crippen LogP contribution in [-0.2, 0) is 0 Å². The highest BCUT2D eigenvalue weighted by Crippen LogP contribution is 2.45. The van der Waals surface area contributed by atoms with Crippen molar-refractivity contribution in [3.05, 3.63) is 77.4 Å². The van der Waals surface area contributed by atoms with E-state index in [4.69, 9.17) is 0 Å². The van der Waals surface area contributed by atoms with Gasteiger partial charge in [-0.15, -0.1) is 0 Å². The van der Waals surface area contributed by atoms with Crippen molar-refractivity contribution in [3.8, 4) is 0 Å². The lowest BCUT2D eigenvalue weighted by Crippen LogP contribution is -2.32. The second-order valence-corrected chi connectivity index (χ2v) is 6.70. The van der Waals surface area contributed by atoms with Gasteiger partial charge in [-0.3, -0.25) is 0 Å². The van der Waals surface area contributed by atoms with E-state index in [0.717, 1.165) is 5.92 Å². The van der Waals surface area contributed by atoms with Crippen LogP contribution in [0.4, 0.5) is 0 Å². The van der Waals surface area contributed by atoms with Crippen molar-refractivity contribution in [2.75, 3.05) is 20.1 Å². The minimum atomic E-state index is 0.597. The Morgan fingerprint density at radius 2 is 1.55 bits per heavy atom. The third kappa shape index (κ3) is 2.40. The van der Waals surface area contributed by atoms with Crippen LogP contribution in [0.25, 0.3) is 5.57 Å². The van der Waals surface area contributed by atoms with Gasteiger partial charge in [-0.25, -0.2) is 0 Å². The molecule has 2 aromatic carbocycles. The Labute approximate surface area is 133 Å². The van der Waals surface area contributed by atoms with E-state index in [-0.39, 0.29) is 0 Å². The first-order chi connectivity index (χ1) is 10.8. The molecule has 2 aromatic rings. The maximum atomic E-state index is 2.54. The molecule has 112 valence electrons. The summed E-state index contributed by atoms with van der Waals surface area (Å²) in [6, 6.07) is 19.9. The average molecular weight is 289 g/mol. The molecule has 0 saturated carbocycles. The third-order valence-electron chi connectivity index (χ3n) is 5.31. The van der Waals surface area contributed by atoms with Gasteiger partial charge in [0, 0.05) is 5.92 Å². The van der Waals surface area contributed by atoms with E-state index in [2.05, 4.69) is 72.6 Å². The molecule has 1 nitrogen and oxygen atoms in total. The molecule has 1 unspecified atom stereocenters. The molecule has 1 fully saturated rings. The smallest absolute Gasteiger partial charge is 0.00627 e. The van der Waals surface area contributed by atoms with E-state index in [1.165, 1.54) is 48.2 Å². The Bertz CT molecular complexity index is 678. The number of nitrogens with zero attached hydrogens (tertiary/aromatic N) is 1. The van der Waals surface area contributed by atoms with E-state index in [9.17, 15) is 0 Å². The van der Waals surface area contributed by atoms with Crippen LogP contribution in [0.1, 0.15) is 35.4 Å². The predicted molar refractivity (Wildman–Crippen MR) is 92.9 cm³/mol. The van der Waals surface area contributed by atoms with Crippen LogP contribution in [0, 0.1) is 5.92 Å². The normalized spacial score (nSPS) is 22.4. The maximum absolute atomic E-state index is 2.54. The van der Waals surface area contributed by atoms with Crippen molar-refractivity contribution >= 4 is 5.57 Å². The minimum absolute atomic E-state index is 0.597. The number of hydrogen-bond acceptors (Lipinski definition) is 1. The number of benzene rings is 2. The van der Waals surface area contributed by atoms with Crippen molar-refractivity contribution in [1.82, 2.24) is 4.90 Å². The summed E-state index contributed by atoms with van der Waals surface area (Å²) in [5, 5.41) is 0. The quantitative estimate of drug-likeness (QED) is 0.783. The lowest BCUT2D eigenvalue weighted by atomic mass is 9.81. The Morgan fingerprint density at radius 1 is 0.864 bits per heavy atom. The fraction of sp³-hybridized carbons (Fsp3) is 0.333. The molecule has 0 radical (unpaired) electrons. The molecule has 0 spiro atoms. The number of fused-ring (bicyclic) bond motifs is 1. The van der Waals surface area contributed by atoms with Crippen molar-refractivity contribution in [2.45, 2.75) is 18.8 Å². The van der Waals surface area contributed by atoms with Gasteiger partial charge in [-0.2, -0.15) is 0 Å². The van der Waals surface area contributed by atoms with Crippen LogP contribution in [0.5, 0.6) is 0 Å². The molecule has 22 heavy (non-hydrogen) atoms. The fourth-order valence-corrected chi connectivity index (χ4v) is 4.04. The van der Waals surface area contributed by atoms with Gasteiger partial charge in [-0.05, 0) is 61.2 Å². The van der Waals surface area contributed by atoms with Crippen molar-refractivity contribution < 1.29 is 0 Å². The molecule has 1 atom stereocenters. The van der Waals surface area contributed by atoms with Crippen LogP contribution < -0.4 is 0 Å². The molecule has 1 saturated heterocycles. The van der Waals surface area contributed by atoms with E-state index < -0.39 is 0 Å². The Hall–Kier alpha value is -1.86. The largest absolute Gasteiger partial charge is 0.306 e. The van der Waals surface area contributed by atoms with Crippen LogP contribution in [0.15, 0.2) is 60.7 Å². The molecule has 1 aliphatic carbocycles. The van der Waals surface area contributed by atoms with Gasteiger partial charge in [0.05, 0.1) is 0 Å². The van der Waals surface area contributed by atoms with Gasteiger partial charge < -0.3 is 4.90 Å². The van der Waals surface area contributed by atoms with Gasteiger partial charge in [0.1, 0.15) is 0 Å². The Balaban J connectivity index is 1.72. The second kappa shape index (κ2) is 5.73. The first kappa shape index (κ1) is 13.8. The van der Waals surface area contributed by atoms with Gasteiger partial charge in [0.25, 0.3) is 0 Å². The molecular formula is C21H23N. The molecule has 1 heteroatoms. The molecule has 0 bridgehead atoms. The maximum Gasteiger partial charge on any atom is 0.00627 e. The standard InChI is InChI=1S/C21H23N/c1-22-13-11-17(12-14-22)21-15-20(16-7-3-2-4-8-16)18-9-5-6-10-19(18)21/h2-10,15,17,21H,11-14H2,1H3. The van der Waals surface area contributed by atoms with E-state index in [1.54, 1.807) is 0 Å². The molecule has 0 amide bonds. The fourth-order valence-electron chi connectivity index (χ4n) is 4.04. The van der Waals surface area contributed by atoms with E-state index in [0.29, 0.717) is 5.92 Å². The lowest BCUT2D eigenvalue weighted by molar-refractivity contribution is 0.209. The topological polar surface area (TPSA) is 3.24 Å². The summed E-state index contributed by atoms with van der Waals surface area (Å²) in [7, 11) is 2.24. The van der Waals surface area contributed by atoms with Crippen LogP contribution in [-0.4, -0.2) is 25.0 Å². The highest BCUT2D eigenvalue weighted by molar-refractivity contribution is 5.85. The first-order valence-electron chi connectivity index (χ1n) is 8.38. The zero-order chi connectivity index (χ0) is 14.9. The molecule has 4 rings (SSSR count). The highest BCUT2D eigenvalue weighted by Gasteiger charge is 2.31. The van der Waals surface area contributed by atoms with Crippen LogP contribution in [0.3, 0.4) is 0 Å². The summed E-state index contributed by atoms with van der Waals surface area (Å²) in [6.07, 6.45) is 5.16. The Kier molecular flexibility index (Phi) is 3.59. The van der Waals surface area contributed by atoms with Crippen molar-refractivity contribution in [1.29, 1.82) is 0 Å². The zero-order valence-electron chi connectivity index (χ0n) is 13.2. The second-order valence-electron chi connectivity index (χ2n) is 6.70. The predicted octanol–water partition coefficient (Wildman–Crippen LogP) is 4.56. The number of likely N-dealkylation sites (tertiary alicyclic amines) is 1. The summed E-state index contributed by atoms with van der Waals surface area (Å²) < 4.78 is 0. The van der Waals surface area contributed by atoms with Gasteiger partial charge in [0.2, 0.25) is 0 Å². The summed E-state index contributed by atoms with van der Waals surface area (Å²) >= 11 is 0. The SMILES string of the molecule is CN1CCC(C2C=C(c3ccccc3)c3ccccc32)CC1. The monoisotopic (exact) mass is 289 g/mol. The first-order valence-corrected chi connectivity index (χ1v) is 8.38. The number of piperidine rings is 1. The van der Waals surface area contributed by atoms with Crippen LogP contribution >= 0.6 is 0 Å². The van der Waals surface area contributed by atoms with Gasteiger partial charge in [0.15, 0.2) is 0 Å². The van der Waals surface area contributed by atoms with Crippen molar-refractivity contribution in [3.63, 3.8) is 0 Å². The number of rotatable bonds is 2. The number of allylic oxidation sites excluding steroid dienone is 1. The summed E-state index contributed by atoms with van der Waals surface area (Å²) in [5.74, 6) is 1.39. The lowest BCUT2D eigenvalue weighted by Gasteiger charge is -2.32. The van der Waals surface area contributed by atoms with Gasteiger partial charge >= 0.3 is 0 Å². The van der Waals surface area contributed by atoms with Crippen LogP contribution in [0.2, 0.25) is 0 Å². The minimum Gasteiger partial charge on any atom is -0.306 e. The zero-order valence-corrected chi connectivity index (χ0v) is 13.2. The molecular weight excluding hydrogens is 266 g/mol. The highest BCUT2D eigenvalue weighted by atomic mass is 15.1. The van der Waals surface area contributed by atoms with E-state index >= 15 is 0 Å². The third-order valence-corrected chi connectivity index (χ3v) is 5.31. The molecule has 2 aliphatic rings. The molecule has 0 aromatic heterocycles. The summed E-state index contributed by atoms with van der Waals surface area (Å²) in [5.41, 5.74) is 5.76. The molecule has 0 N–H and O–H groups in total. The molecule has 1 heterocycles. The number of hydrogen-bond donors (Lipinski definition) is 0. The summed E-state index contributed by atoms with van der Waals surface area (Å²) in [6.45, 7) is 2.47. The average Bonchev–Trinajstić information content (AvgIpc) is 2.96. The molecule has 1 aliphatic heterocycles. The Morgan fingerprint density at radius 3 is 2.32 bits per heavy atom. The van der Waals surface area contributed by atoms with Crippen molar-refractivity contribution in [2.24, 2.45) is 5.92 Å². The van der Waals surface area contributed by atoms with Gasteiger partial charge in [-0.1, -0.05) is 60.7 Å².